The number of hydrogen-bond acceptors (Lipinski definition) is 5. The van der Waals surface area contributed by atoms with Crippen molar-refractivity contribution >= 4 is 11.6 Å². The van der Waals surface area contributed by atoms with Crippen molar-refractivity contribution in [3.63, 3.8) is 0 Å². The van der Waals surface area contributed by atoms with Gasteiger partial charge in [-0.2, -0.15) is 0 Å². The van der Waals surface area contributed by atoms with Gasteiger partial charge < -0.3 is 19.3 Å². The number of carbonyl (C=O) groups is 1. The summed E-state index contributed by atoms with van der Waals surface area (Å²) >= 11 is 0. The van der Waals surface area contributed by atoms with E-state index in [1.807, 2.05) is 25.1 Å². The lowest BCUT2D eigenvalue weighted by Crippen LogP contribution is -2.16. The van der Waals surface area contributed by atoms with Gasteiger partial charge in [-0.25, -0.2) is 0 Å². The highest BCUT2D eigenvalue weighted by Crippen LogP contribution is 2.39. The van der Waals surface area contributed by atoms with Crippen LogP contribution in [-0.4, -0.2) is 18.2 Å². The van der Waals surface area contributed by atoms with Crippen molar-refractivity contribution < 1.29 is 18.8 Å². The molecule has 6 nitrogen and oxygen atoms in total. The van der Waals surface area contributed by atoms with Gasteiger partial charge in [-0.3, -0.25) is 4.79 Å². The molecule has 126 valence electrons. The molecule has 6 heteroatoms. The summed E-state index contributed by atoms with van der Waals surface area (Å²) in [5.41, 5.74) is 3.39. The Kier molecular flexibility index (Phi) is 3.65. The lowest BCUT2D eigenvalue weighted by atomic mass is 10.0. The first-order valence-corrected chi connectivity index (χ1v) is 7.83. The number of rotatable bonds is 3. The Bertz CT molecular complexity index is 962. The molecule has 4 rings (SSSR count). The summed E-state index contributed by atoms with van der Waals surface area (Å²) in [5.74, 6) is 1.63. The lowest BCUT2D eigenvalue weighted by Gasteiger charge is -2.16. The SMILES string of the molecule is COc1cccc(NC(=O)c2noc3c2COc2ccc(C)cc2-3)c1. The number of methoxy groups -OCH3 is 1. The van der Waals surface area contributed by atoms with Crippen molar-refractivity contribution in [2.24, 2.45) is 0 Å². The summed E-state index contributed by atoms with van der Waals surface area (Å²) in [4.78, 5) is 12.6. The third-order valence-corrected chi connectivity index (χ3v) is 4.08. The molecule has 0 bridgehead atoms. The first kappa shape index (κ1) is 15.3. The fraction of sp³-hybridized carbons (Fsp3) is 0.158. The number of nitrogens with zero attached hydrogens (tertiary/aromatic N) is 1. The zero-order valence-electron chi connectivity index (χ0n) is 13.8. The van der Waals surface area contributed by atoms with Gasteiger partial charge in [0, 0.05) is 11.8 Å². The Hall–Kier alpha value is -3.28. The molecule has 0 spiro atoms. The molecule has 2 heterocycles. The minimum atomic E-state index is -0.349. The number of amides is 1. The van der Waals surface area contributed by atoms with Gasteiger partial charge >= 0.3 is 0 Å². The van der Waals surface area contributed by atoms with Crippen LogP contribution < -0.4 is 14.8 Å². The first-order chi connectivity index (χ1) is 12.2. The van der Waals surface area contributed by atoms with Crippen molar-refractivity contribution in [3.05, 3.63) is 59.3 Å². The minimum absolute atomic E-state index is 0.227. The molecule has 25 heavy (non-hydrogen) atoms. The smallest absolute Gasteiger partial charge is 0.278 e. The number of aromatic nitrogens is 1. The minimum Gasteiger partial charge on any atom is -0.497 e. The van der Waals surface area contributed by atoms with Gasteiger partial charge in [-0.1, -0.05) is 22.9 Å². The van der Waals surface area contributed by atoms with Crippen LogP contribution in [0, 0.1) is 6.92 Å². The third-order valence-electron chi connectivity index (χ3n) is 4.08. The van der Waals surface area contributed by atoms with Gasteiger partial charge in [-0.15, -0.1) is 0 Å². The van der Waals surface area contributed by atoms with Crippen LogP contribution >= 0.6 is 0 Å². The molecule has 1 N–H and O–H groups in total. The molecule has 0 radical (unpaired) electrons. The van der Waals surface area contributed by atoms with Crippen LogP contribution in [0.2, 0.25) is 0 Å². The summed E-state index contributed by atoms with van der Waals surface area (Å²) in [7, 11) is 1.58. The van der Waals surface area contributed by atoms with E-state index in [0.29, 0.717) is 22.8 Å². The lowest BCUT2D eigenvalue weighted by molar-refractivity contribution is 0.101. The van der Waals surface area contributed by atoms with Crippen molar-refractivity contribution in [1.82, 2.24) is 5.16 Å². The molecule has 2 aromatic carbocycles. The number of anilines is 1. The molecule has 0 saturated carbocycles. The van der Waals surface area contributed by atoms with Crippen LogP contribution in [0.15, 0.2) is 47.0 Å². The maximum atomic E-state index is 12.6. The molecule has 0 fully saturated rings. The highest BCUT2D eigenvalue weighted by atomic mass is 16.5. The number of carbonyl (C=O) groups excluding carboxylic acids is 1. The second-order valence-corrected chi connectivity index (χ2v) is 5.81. The van der Waals surface area contributed by atoms with E-state index in [2.05, 4.69) is 10.5 Å². The molecule has 0 saturated heterocycles. The molecular weight excluding hydrogens is 320 g/mol. The molecule has 1 amide bonds. The monoisotopic (exact) mass is 336 g/mol. The predicted octanol–water partition coefficient (Wildman–Crippen LogP) is 3.80. The van der Waals surface area contributed by atoms with E-state index in [0.717, 1.165) is 16.9 Å². The van der Waals surface area contributed by atoms with E-state index in [1.165, 1.54) is 0 Å². The highest BCUT2D eigenvalue weighted by molar-refractivity contribution is 6.05. The average molecular weight is 336 g/mol. The third kappa shape index (κ3) is 2.71. The quantitative estimate of drug-likeness (QED) is 0.787. The molecule has 1 aromatic heterocycles. The fourth-order valence-corrected chi connectivity index (χ4v) is 2.82. The maximum Gasteiger partial charge on any atom is 0.278 e. The van der Waals surface area contributed by atoms with Gasteiger partial charge in [-0.05, 0) is 31.2 Å². The molecule has 0 aliphatic carbocycles. The van der Waals surface area contributed by atoms with E-state index >= 15 is 0 Å². The largest absolute Gasteiger partial charge is 0.497 e. The summed E-state index contributed by atoms with van der Waals surface area (Å²) < 4.78 is 16.4. The summed E-state index contributed by atoms with van der Waals surface area (Å²) in [6.07, 6.45) is 0. The average Bonchev–Trinajstić information content (AvgIpc) is 3.06. The Labute approximate surface area is 144 Å². The second-order valence-electron chi connectivity index (χ2n) is 5.81. The molecule has 0 atom stereocenters. The topological polar surface area (TPSA) is 73.6 Å². The molecule has 0 unspecified atom stereocenters. The van der Waals surface area contributed by atoms with E-state index in [1.54, 1.807) is 31.4 Å². The van der Waals surface area contributed by atoms with E-state index in [4.69, 9.17) is 14.0 Å². The van der Waals surface area contributed by atoms with Gasteiger partial charge in [0.15, 0.2) is 11.5 Å². The zero-order chi connectivity index (χ0) is 17.4. The summed E-state index contributed by atoms with van der Waals surface area (Å²) in [5, 5.41) is 6.77. The van der Waals surface area contributed by atoms with Crippen LogP contribution in [0.3, 0.4) is 0 Å². The van der Waals surface area contributed by atoms with Gasteiger partial charge in [0.25, 0.3) is 5.91 Å². The summed E-state index contributed by atoms with van der Waals surface area (Å²) in [6.45, 7) is 2.23. The van der Waals surface area contributed by atoms with Crippen molar-refractivity contribution in [3.8, 4) is 22.8 Å². The van der Waals surface area contributed by atoms with Crippen LogP contribution in [0.1, 0.15) is 21.6 Å². The fourth-order valence-electron chi connectivity index (χ4n) is 2.82. The molecular formula is C19H16N2O4. The number of fused-ring (bicyclic) bond motifs is 3. The van der Waals surface area contributed by atoms with Gasteiger partial charge in [0.1, 0.15) is 18.1 Å². The van der Waals surface area contributed by atoms with E-state index in [-0.39, 0.29) is 18.2 Å². The van der Waals surface area contributed by atoms with Crippen LogP contribution in [0.5, 0.6) is 11.5 Å². The zero-order valence-corrected chi connectivity index (χ0v) is 13.8. The number of benzene rings is 2. The Morgan fingerprint density at radius 3 is 2.96 bits per heavy atom. The normalized spacial score (nSPS) is 11.9. The number of hydrogen-bond donors (Lipinski definition) is 1. The van der Waals surface area contributed by atoms with Crippen molar-refractivity contribution in [1.29, 1.82) is 0 Å². The van der Waals surface area contributed by atoms with E-state index in [9.17, 15) is 4.79 Å². The summed E-state index contributed by atoms with van der Waals surface area (Å²) in [6, 6.07) is 12.9. The predicted molar refractivity (Wildman–Crippen MR) is 92.0 cm³/mol. The van der Waals surface area contributed by atoms with Crippen LogP contribution in [0.4, 0.5) is 5.69 Å². The Morgan fingerprint density at radius 2 is 2.12 bits per heavy atom. The maximum absolute atomic E-state index is 12.6. The Balaban J connectivity index is 1.66. The van der Waals surface area contributed by atoms with E-state index < -0.39 is 0 Å². The Morgan fingerprint density at radius 1 is 1.24 bits per heavy atom. The highest BCUT2D eigenvalue weighted by Gasteiger charge is 2.29. The van der Waals surface area contributed by atoms with Crippen molar-refractivity contribution in [2.45, 2.75) is 13.5 Å². The van der Waals surface area contributed by atoms with Gasteiger partial charge in [0.2, 0.25) is 0 Å². The van der Waals surface area contributed by atoms with Crippen LogP contribution in [-0.2, 0) is 6.61 Å². The van der Waals surface area contributed by atoms with Crippen molar-refractivity contribution in [2.75, 3.05) is 12.4 Å². The first-order valence-electron chi connectivity index (χ1n) is 7.83. The number of aryl methyl sites for hydroxylation is 1. The standard InChI is InChI=1S/C19H16N2O4/c1-11-6-7-16-14(8-11)18-15(10-24-16)17(21-25-18)19(22)20-12-4-3-5-13(9-12)23-2/h3-9H,10H2,1-2H3,(H,20,22). The number of ether oxygens (including phenoxy) is 2. The molecule has 1 aliphatic heterocycles. The van der Waals surface area contributed by atoms with Gasteiger partial charge in [0.05, 0.1) is 18.2 Å². The second kappa shape index (κ2) is 5.98. The molecule has 1 aliphatic rings. The van der Waals surface area contributed by atoms with Crippen LogP contribution in [0.25, 0.3) is 11.3 Å². The molecule has 3 aromatic rings. The number of nitrogens with one attached hydrogen (secondary N) is 1.